The molecule has 1 saturated carbocycles. The first kappa shape index (κ1) is 22.8. The number of alkyl halides is 3. The monoisotopic (exact) mass is 429 g/mol. The first-order valence-electron chi connectivity index (χ1n) is 10.9. The Kier molecular flexibility index (Phi) is 7.60. The minimum absolute atomic E-state index is 0.208. The van der Waals surface area contributed by atoms with E-state index < -0.39 is 12.7 Å². The van der Waals surface area contributed by atoms with Crippen molar-refractivity contribution in [1.29, 1.82) is 0 Å². The van der Waals surface area contributed by atoms with Gasteiger partial charge in [-0.3, -0.25) is 4.90 Å². The number of rotatable bonds is 7. The van der Waals surface area contributed by atoms with Gasteiger partial charge >= 0.3 is 6.18 Å². The first-order chi connectivity index (χ1) is 14.2. The number of hydrogen-bond donors (Lipinski definition) is 1. The van der Waals surface area contributed by atoms with E-state index in [0.717, 1.165) is 50.0 Å². The number of likely N-dealkylation sites (tertiary alicyclic amines) is 1. The topological polar surface area (TPSA) is 61.6 Å². The molecule has 1 aliphatic carbocycles. The lowest BCUT2D eigenvalue weighted by Crippen LogP contribution is -2.45. The quantitative estimate of drug-likeness (QED) is 0.534. The van der Waals surface area contributed by atoms with E-state index in [1.165, 1.54) is 17.7 Å². The van der Waals surface area contributed by atoms with E-state index in [1.807, 2.05) is 18.5 Å². The predicted octanol–water partition coefficient (Wildman–Crippen LogP) is 2.72. The molecule has 0 amide bonds. The van der Waals surface area contributed by atoms with Crippen LogP contribution in [0.3, 0.4) is 0 Å². The molecule has 1 atom stereocenters. The molecule has 1 aromatic heterocycles. The number of nitrogens with one attached hydrogen (secondary N) is 1. The summed E-state index contributed by atoms with van der Waals surface area (Å²) in [5.41, 5.74) is 0. The molecular formula is C20H34F3N7. The fourth-order valence-corrected chi connectivity index (χ4v) is 4.32. The number of guanidine groups is 1. The van der Waals surface area contributed by atoms with Gasteiger partial charge in [-0.05, 0) is 38.6 Å². The average Bonchev–Trinajstić information content (AvgIpc) is 3.42. The summed E-state index contributed by atoms with van der Waals surface area (Å²) in [7, 11) is 1.93. The van der Waals surface area contributed by atoms with Gasteiger partial charge in [-0.1, -0.05) is 19.8 Å². The maximum Gasteiger partial charge on any atom is 0.401 e. The molecule has 7 nitrogen and oxygen atoms in total. The van der Waals surface area contributed by atoms with Crippen molar-refractivity contribution in [1.82, 2.24) is 29.9 Å². The lowest BCUT2D eigenvalue weighted by molar-refractivity contribution is -0.146. The molecule has 3 rings (SSSR count). The third-order valence-corrected chi connectivity index (χ3v) is 6.19. The van der Waals surface area contributed by atoms with Gasteiger partial charge in [0.05, 0.1) is 6.54 Å². The molecule has 1 unspecified atom stereocenters. The average molecular weight is 430 g/mol. The largest absolute Gasteiger partial charge is 0.401 e. The van der Waals surface area contributed by atoms with Crippen molar-refractivity contribution in [2.75, 3.05) is 32.7 Å². The molecule has 30 heavy (non-hydrogen) atoms. The molecule has 2 aliphatic rings. The van der Waals surface area contributed by atoms with Crippen molar-refractivity contribution in [3.05, 3.63) is 11.6 Å². The Labute approximate surface area is 176 Å². The Morgan fingerprint density at radius 3 is 2.57 bits per heavy atom. The maximum absolute atomic E-state index is 12.8. The van der Waals surface area contributed by atoms with Crippen LogP contribution in [-0.4, -0.2) is 75.5 Å². The molecule has 0 spiro atoms. The Hall–Kier alpha value is -1.84. The number of aromatic nitrogens is 3. The van der Waals surface area contributed by atoms with Gasteiger partial charge in [-0.15, -0.1) is 10.2 Å². The molecule has 0 bridgehead atoms. The Bertz CT molecular complexity index is 710. The Morgan fingerprint density at radius 2 is 1.97 bits per heavy atom. The van der Waals surface area contributed by atoms with Gasteiger partial charge in [0.15, 0.2) is 11.8 Å². The van der Waals surface area contributed by atoms with Gasteiger partial charge in [0.2, 0.25) is 0 Å². The summed E-state index contributed by atoms with van der Waals surface area (Å²) in [6.07, 6.45) is 1.43. The Balaban J connectivity index is 1.64. The number of halogens is 3. The van der Waals surface area contributed by atoms with Crippen LogP contribution in [0, 0.1) is 12.8 Å². The molecule has 0 aromatic carbocycles. The fourth-order valence-electron chi connectivity index (χ4n) is 4.32. The van der Waals surface area contributed by atoms with Gasteiger partial charge in [0, 0.05) is 32.7 Å². The smallest absolute Gasteiger partial charge is 0.353 e. The van der Waals surface area contributed by atoms with Crippen molar-refractivity contribution in [2.24, 2.45) is 18.0 Å². The number of nitrogens with zero attached hydrogens (tertiary/aromatic N) is 6. The molecule has 1 N–H and O–H groups in total. The van der Waals surface area contributed by atoms with E-state index in [1.54, 1.807) is 6.92 Å². The third kappa shape index (κ3) is 6.33. The summed E-state index contributed by atoms with van der Waals surface area (Å²) < 4.78 is 40.3. The molecular weight excluding hydrogens is 395 g/mol. The van der Waals surface area contributed by atoms with Crippen molar-refractivity contribution < 1.29 is 13.2 Å². The van der Waals surface area contributed by atoms with Crippen molar-refractivity contribution in [3.63, 3.8) is 0 Å². The zero-order valence-corrected chi connectivity index (χ0v) is 18.3. The van der Waals surface area contributed by atoms with Gasteiger partial charge < -0.3 is 14.8 Å². The number of aryl methyl sites for hydroxylation is 1. The highest BCUT2D eigenvalue weighted by molar-refractivity contribution is 5.80. The van der Waals surface area contributed by atoms with Crippen LogP contribution in [0.25, 0.3) is 0 Å². The van der Waals surface area contributed by atoms with Crippen LogP contribution in [0.2, 0.25) is 0 Å². The van der Waals surface area contributed by atoms with E-state index in [0.29, 0.717) is 25.7 Å². The summed E-state index contributed by atoms with van der Waals surface area (Å²) in [4.78, 5) is 8.52. The summed E-state index contributed by atoms with van der Waals surface area (Å²) in [6.45, 7) is 5.69. The van der Waals surface area contributed by atoms with Crippen LogP contribution in [-0.2, 0) is 13.6 Å². The van der Waals surface area contributed by atoms with Crippen LogP contribution in [0.5, 0.6) is 0 Å². The highest BCUT2D eigenvalue weighted by atomic mass is 19.4. The fraction of sp³-hybridized carbons (Fsp3) is 0.850. The van der Waals surface area contributed by atoms with Gasteiger partial charge in [0.1, 0.15) is 12.4 Å². The molecule has 2 heterocycles. The summed E-state index contributed by atoms with van der Waals surface area (Å²) in [6, 6.07) is 0.418. The van der Waals surface area contributed by atoms with Crippen molar-refractivity contribution >= 4 is 5.96 Å². The molecule has 170 valence electrons. The second kappa shape index (κ2) is 9.98. The minimum atomic E-state index is -4.15. The van der Waals surface area contributed by atoms with Crippen LogP contribution in [0.1, 0.15) is 50.7 Å². The second-order valence-electron chi connectivity index (χ2n) is 8.53. The molecule has 2 fully saturated rings. The highest BCUT2D eigenvalue weighted by Gasteiger charge is 2.33. The minimum Gasteiger partial charge on any atom is -0.353 e. The van der Waals surface area contributed by atoms with Gasteiger partial charge in [-0.25, -0.2) is 4.99 Å². The highest BCUT2D eigenvalue weighted by Crippen LogP contribution is 2.23. The molecule has 1 aliphatic heterocycles. The standard InChI is InChI=1S/C20H34F3N7/c1-4-29(14-20(21,22)23)12-16-9-10-30(13-16)19(25-17-7-5-6-8-17)24-11-18-27-26-15(2)28(18)3/h16-17H,4-14H2,1-3H3,(H,24,25). The second-order valence-corrected chi connectivity index (χ2v) is 8.53. The van der Waals surface area contributed by atoms with Crippen molar-refractivity contribution in [3.8, 4) is 0 Å². The first-order valence-corrected chi connectivity index (χ1v) is 10.9. The zero-order valence-electron chi connectivity index (χ0n) is 18.3. The van der Waals surface area contributed by atoms with E-state index >= 15 is 0 Å². The van der Waals surface area contributed by atoms with Gasteiger partial charge in [-0.2, -0.15) is 13.2 Å². The zero-order chi connectivity index (χ0) is 21.7. The summed E-state index contributed by atoms with van der Waals surface area (Å²) >= 11 is 0. The normalized spacial score (nSPS) is 21.2. The van der Waals surface area contributed by atoms with Crippen LogP contribution in [0.15, 0.2) is 4.99 Å². The Morgan fingerprint density at radius 1 is 1.23 bits per heavy atom. The van der Waals surface area contributed by atoms with E-state index in [9.17, 15) is 13.2 Å². The number of aliphatic imine (C=N–C) groups is 1. The predicted molar refractivity (Wildman–Crippen MR) is 110 cm³/mol. The van der Waals surface area contributed by atoms with E-state index in [4.69, 9.17) is 4.99 Å². The van der Waals surface area contributed by atoms with Crippen molar-refractivity contribution in [2.45, 2.75) is 64.7 Å². The maximum atomic E-state index is 12.8. The molecule has 1 saturated heterocycles. The third-order valence-electron chi connectivity index (χ3n) is 6.19. The summed E-state index contributed by atoms with van der Waals surface area (Å²) in [5.74, 6) is 2.70. The van der Waals surface area contributed by atoms with Crippen LogP contribution >= 0.6 is 0 Å². The molecule has 1 aromatic rings. The SMILES string of the molecule is CCN(CC1CCN(C(=NCc2nnc(C)n2C)NC2CCCC2)C1)CC(F)(F)F. The van der Waals surface area contributed by atoms with Gasteiger partial charge in [0.25, 0.3) is 0 Å². The van der Waals surface area contributed by atoms with E-state index in [-0.39, 0.29) is 5.92 Å². The number of hydrogen-bond acceptors (Lipinski definition) is 4. The summed E-state index contributed by atoms with van der Waals surface area (Å²) in [5, 5.41) is 11.9. The molecule has 0 radical (unpaired) electrons. The molecule has 10 heteroatoms. The van der Waals surface area contributed by atoms with Crippen LogP contribution < -0.4 is 5.32 Å². The lowest BCUT2D eigenvalue weighted by atomic mass is 10.1. The lowest BCUT2D eigenvalue weighted by Gasteiger charge is -2.27. The van der Waals surface area contributed by atoms with E-state index in [2.05, 4.69) is 20.4 Å². The van der Waals surface area contributed by atoms with Crippen LogP contribution in [0.4, 0.5) is 13.2 Å².